The van der Waals surface area contributed by atoms with Gasteiger partial charge in [0.15, 0.2) is 0 Å². The second kappa shape index (κ2) is 41.9. The van der Waals surface area contributed by atoms with Gasteiger partial charge in [0.05, 0.1) is 25.7 Å². The number of carbonyl (C=O) groups is 5. The molecule has 1 aliphatic rings. The summed E-state index contributed by atoms with van der Waals surface area (Å²) in [5.74, 6) is -2.35. The van der Waals surface area contributed by atoms with Crippen molar-refractivity contribution >= 4 is 29.8 Å². The number of unbranched alkanes of at least 4 members (excludes halogenated alkanes) is 18. The van der Waals surface area contributed by atoms with Crippen molar-refractivity contribution in [2.24, 2.45) is 11.8 Å². The molecule has 0 aliphatic heterocycles. The Morgan fingerprint density at radius 3 is 1.08 bits per heavy atom. The SMILES string of the molecule is CCCCCCCCCCCC(=O)OCC(COC(=O)CCCCCN(CCO)C1CCC1)COC(=O)CCCC(COC(=O)CCCCCCC)COC(=O)CCCCCCC. The summed E-state index contributed by atoms with van der Waals surface area (Å²) >= 11 is 0. The molecule has 0 aromatic carbocycles. The average Bonchev–Trinajstić information content (AvgIpc) is 3.25. The summed E-state index contributed by atoms with van der Waals surface area (Å²) in [6.07, 6.45) is 29.2. The lowest BCUT2D eigenvalue weighted by atomic mass is 9.91. The van der Waals surface area contributed by atoms with Crippen LogP contribution in [-0.2, 0) is 47.7 Å². The van der Waals surface area contributed by atoms with Crippen LogP contribution < -0.4 is 0 Å². The summed E-state index contributed by atoms with van der Waals surface area (Å²) in [5, 5.41) is 9.43. The average molecular weight is 896 g/mol. The standard InChI is InChI=1S/C51H93NO11/c1-4-7-10-13-14-15-16-19-23-33-49(56)61-41-45(42-62-50(57)34-24-20-25-36-52(37-38-53)46-29-27-30-46)43-63-51(58)35-26-28-44(39-59-47(54)31-21-17-11-8-5-2)40-60-48(55)32-22-18-12-9-6-3/h44-46,53H,4-43H2,1-3H3. The number of nitrogens with zero attached hydrogens (tertiary/aromatic N) is 1. The lowest BCUT2D eigenvalue weighted by Crippen LogP contribution is -2.42. The maximum Gasteiger partial charge on any atom is 0.305 e. The Morgan fingerprint density at radius 1 is 0.429 bits per heavy atom. The molecule has 1 unspecified atom stereocenters. The van der Waals surface area contributed by atoms with Crippen molar-refractivity contribution in [3.8, 4) is 0 Å². The molecular formula is C51H93NO11. The van der Waals surface area contributed by atoms with Crippen LogP contribution in [0.15, 0.2) is 0 Å². The molecule has 0 amide bonds. The van der Waals surface area contributed by atoms with Gasteiger partial charge in [0.25, 0.3) is 0 Å². The summed E-state index contributed by atoms with van der Waals surface area (Å²) in [7, 11) is 0. The lowest BCUT2D eigenvalue weighted by Gasteiger charge is -2.37. The molecule has 1 N–H and O–H groups in total. The summed E-state index contributed by atoms with van der Waals surface area (Å²) in [5.41, 5.74) is 0. The number of hydrogen-bond donors (Lipinski definition) is 1. The van der Waals surface area contributed by atoms with E-state index in [1.54, 1.807) is 0 Å². The number of carbonyl (C=O) groups excluding carboxylic acids is 5. The largest absolute Gasteiger partial charge is 0.465 e. The monoisotopic (exact) mass is 896 g/mol. The van der Waals surface area contributed by atoms with E-state index < -0.39 is 11.9 Å². The number of esters is 5. The van der Waals surface area contributed by atoms with Crippen LogP contribution in [0.5, 0.6) is 0 Å². The first-order chi connectivity index (χ1) is 30.7. The first-order valence-corrected chi connectivity index (χ1v) is 25.8. The highest BCUT2D eigenvalue weighted by molar-refractivity contribution is 5.71. The fourth-order valence-corrected chi connectivity index (χ4v) is 7.75. The van der Waals surface area contributed by atoms with Gasteiger partial charge in [-0.05, 0) is 64.3 Å². The van der Waals surface area contributed by atoms with Crippen molar-refractivity contribution in [3.05, 3.63) is 0 Å². The fourth-order valence-electron chi connectivity index (χ4n) is 7.75. The molecule has 1 atom stereocenters. The van der Waals surface area contributed by atoms with E-state index in [1.165, 1.54) is 57.8 Å². The summed E-state index contributed by atoms with van der Waals surface area (Å²) in [6.45, 7) is 8.41. The second-order valence-electron chi connectivity index (χ2n) is 18.1. The number of hydrogen-bond acceptors (Lipinski definition) is 12. The zero-order valence-electron chi connectivity index (χ0n) is 40.5. The first kappa shape index (κ1) is 58.3. The predicted molar refractivity (Wildman–Crippen MR) is 249 cm³/mol. The molecule has 63 heavy (non-hydrogen) atoms. The third-order valence-electron chi connectivity index (χ3n) is 12.2. The van der Waals surface area contributed by atoms with Crippen molar-refractivity contribution in [1.82, 2.24) is 4.90 Å². The zero-order chi connectivity index (χ0) is 46.0. The summed E-state index contributed by atoms with van der Waals surface area (Å²) < 4.78 is 28.0. The summed E-state index contributed by atoms with van der Waals surface area (Å²) in [4.78, 5) is 65.6. The van der Waals surface area contributed by atoms with E-state index in [0.717, 1.165) is 103 Å². The summed E-state index contributed by atoms with van der Waals surface area (Å²) in [6, 6.07) is 0.571. The number of aliphatic hydroxyl groups excluding tert-OH is 1. The van der Waals surface area contributed by atoms with Crippen LogP contribution in [0.1, 0.15) is 226 Å². The van der Waals surface area contributed by atoms with Gasteiger partial charge >= 0.3 is 29.8 Å². The maximum atomic E-state index is 13.0. The van der Waals surface area contributed by atoms with Crippen LogP contribution in [0, 0.1) is 11.8 Å². The molecule has 0 bridgehead atoms. The van der Waals surface area contributed by atoms with Gasteiger partial charge in [0.2, 0.25) is 0 Å². The van der Waals surface area contributed by atoms with E-state index in [0.29, 0.717) is 51.1 Å². The maximum absolute atomic E-state index is 13.0. The molecule has 0 spiro atoms. The van der Waals surface area contributed by atoms with Gasteiger partial charge in [-0.25, -0.2) is 0 Å². The minimum Gasteiger partial charge on any atom is -0.465 e. The molecule has 12 heteroatoms. The van der Waals surface area contributed by atoms with Crippen molar-refractivity contribution < 1.29 is 52.8 Å². The van der Waals surface area contributed by atoms with Crippen LogP contribution in [0.4, 0.5) is 0 Å². The van der Waals surface area contributed by atoms with Crippen LogP contribution in [-0.4, -0.2) is 98.6 Å². The molecule has 1 aliphatic carbocycles. The number of ether oxygens (including phenoxy) is 5. The first-order valence-electron chi connectivity index (χ1n) is 25.8. The minimum absolute atomic E-state index is 0.0191. The molecule has 368 valence electrons. The van der Waals surface area contributed by atoms with E-state index in [4.69, 9.17) is 23.7 Å². The quantitative estimate of drug-likeness (QED) is 0.0351. The highest BCUT2D eigenvalue weighted by Gasteiger charge is 2.24. The minimum atomic E-state index is -0.505. The van der Waals surface area contributed by atoms with E-state index in [-0.39, 0.29) is 82.3 Å². The fraction of sp³-hybridized carbons (Fsp3) is 0.902. The molecule has 0 aromatic heterocycles. The Balaban J connectivity index is 2.63. The molecule has 1 fully saturated rings. The molecule has 0 radical (unpaired) electrons. The van der Waals surface area contributed by atoms with E-state index >= 15 is 0 Å². The molecule has 12 nitrogen and oxygen atoms in total. The van der Waals surface area contributed by atoms with Gasteiger partial charge in [0.1, 0.15) is 19.8 Å². The normalized spacial score (nSPS) is 13.2. The Hall–Kier alpha value is -2.73. The van der Waals surface area contributed by atoms with E-state index in [9.17, 15) is 29.1 Å². The van der Waals surface area contributed by atoms with E-state index in [2.05, 4.69) is 25.7 Å². The molecule has 1 saturated carbocycles. The van der Waals surface area contributed by atoms with Gasteiger partial charge in [-0.2, -0.15) is 0 Å². The van der Waals surface area contributed by atoms with Gasteiger partial charge in [-0.3, -0.25) is 28.9 Å². The van der Waals surface area contributed by atoms with Crippen LogP contribution in [0.25, 0.3) is 0 Å². The van der Waals surface area contributed by atoms with Crippen molar-refractivity contribution in [1.29, 1.82) is 0 Å². The predicted octanol–water partition coefficient (Wildman–Crippen LogP) is 11.2. The molecule has 0 heterocycles. The highest BCUT2D eigenvalue weighted by Crippen LogP contribution is 2.25. The Kier molecular flexibility index (Phi) is 38.8. The zero-order valence-corrected chi connectivity index (χ0v) is 40.5. The van der Waals surface area contributed by atoms with Gasteiger partial charge in [0, 0.05) is 50.6 Å². The van der Waals surface area contributed by atoms with Crippen LogP contribution >= 0.6 is 0 Å². The van der Waals surface area contributed by atoms with Crippen molar-refractivity contribution in [2.45, 2.75) is 232 Å². The molecule has 0 saturated heterocycles. The second-order valence-corrected chi connectivity index (χ2v) is 18.1. The van der Waals surface area contributed by atoms with E-state index in [1.807, 2.05) is 0 Å². The van der Waals surface area contributed by atoms with Gasteiger partial charge in [-0.15, -0.1) is 0 Å². The highest BCUT2D eigenvalue weighted by atomic mass is 16.6. The Bertz CT molecular complexity index is 1120. The third-order valence-corrected chi connectivity index (χ3v) is 12.2. The molecular weight excluding hydrogens is 803 g/mol. The Morgan fingerprint density at radius 2 is 0.746 bits per heavy atom. The van der Waals surface area contributed by atoms with Crippen molar-refractivity contribution in [3.63, 3.8) is 0 Å². The smallest absolute Gasteiger partial charge is 0.305 e. The van der Waals surface area contributed by atoms with Gasteiger partial charge < -0.3 is 28.8 Å². The Labute approximate surface area is 383 Å². The van der Waals surface area contributed by atoms with Gasteiger partial charge in [-0.1, -0.05) is 136 Å². The topological polar surface area (TPSA) is 155 Å². The number of aliphatic hydroxyl groups is 1. The molecule has 0 aromatic rings. The van der Waals surface area contributed by atoms with Crippen LogP contribution in [0.2, 0.25) is 0 Å². The third kappa shape index (κ3) is 35.2. The van der Waals surface area contributed by atoms with Crippen LogP contribution in [0.3, 0.4) is 0 Å². The number of rotatable bonds is 45. The molecule has 1 rings (SSSR count). The lowest BCUT2D eigenvalue weighted by molar-refractivity contribution is -0.155. The van der Waals surface area contributed by atoms with Crippen molar-refractivity contribution in [2.75, 3.05) is 52.7 Å².